The summed E-state index contributed by atoms with van der Waals surface area (Å²) in [4.78, 5) is 39.0. The maximum Gasteiger partial charge on any atom is 0.255 e. The molecule has 1 aliphatic carbocycles. The number of carbonyl (C=O) groups is 3. The summed E-state index contributed by atoms with van der Waals surface area (Å²) in [6, 6.07) is 6.43. The van der Waals surface area contributed by atoms with Gasteiger partial charge in [-0.25, -0.2) is 0 Å². The first-order chi connectivity index (χ1) is 12.7. The number of carbonyl (C=O) groups excluding carboxylic acids is 3. The molecule has 1 saturated carbocycles. The van der Waals surface area contributed by atoms with Crippen LogP contribution in [0.25, 0.3) is 0 Å². The third kappa shape index (κ3) is 4.83. The maximum absolute atomic E-state index is 12.9. The Bertz CT molecular complexity index is 742. The minimum atomic E-state index is -0.461. The lowest BCUT2D eigenvalue weighted by Crippen LogP contribution is -2.52. The molecule has 0 radical (unpaired) electrons. The van der Waals surface area contributed by atoms with Crippen LogP contribution < -0.4 is 10.6 Å². The van der Waals surface area contributed by atoms with Gasteiger partial charge in [0.1, 0.15) is 6.04 Å². The molecule has 3 unspecified atom stereocenters. The smallest absolute Gasteiger partial charge is 0.255 e. The molecule has 27 heavy (non-hydrogen) atoms. The highest BCUT2D eigenvalue weighted by atomic mass is 32.2. The molecule has 6 nitrogen and oxygen atoms in total. The van der Waals surface area contributed by atoms with Crippen molar-refractivity contribution in [2.45, 2.75) is 45.7 Å². The number of benzene rings is 1. The van der Waals surface area contributed by atoms with Gasteiger partial charge in [0.05, 0.1) is 5.88 Å². The third-order valence-corrected chi connectivity index (χ3v) is 5.80. The molecule has 1 saturated heterocycles. The highest BCUT2D eigenvalue weighted by Crippen LogP contribution is 2.38. The number of thioether (sulfide) groups is 1. The Labute approximate surface area is 164 Å². The molecule has 2 aliphatic rings. The van der Waals surface area contributed by atoms with Crippen molar-refractivity contribution in [3.63, 3.8) is 0 Å². The Morgan fingerprint density at radius 2 is 1.74 bits per heavy atom. The normalized spacial score (nSPS) is 24.4. The van der Waals surface area contributed by atoms with Crippen molar-refractivity contribution in [1.82, 2.24) is 10.2 Å². The molecule has 3 amide bonds. The van der Waals surface area contributed by atoms with E-state index in [1.54, 1.807) is 40.9 Å². The third-order valence-electron chi connectivity index (χ3n) is 4.79. The molecule has 0 bridgehead atoms. The number of hydrogen-bond acceptors (Lipinski definition) is 4. The van der Waals surface area contributed by atoms with Crippen molar-refractivity contribution in [1.29, 1.82) is 0 Å². The van der Waals surface area contributed by atoms with Crippen molar-refractivity contribution in [3.05, 3.63) is 29.8 Å². The molecule has 1 heterocycles. The quantitative estimate of drug-likeness (QED) is 0.830. The van der Waals surface area contributed by atoms with E-state index in [4.69, 9.17) is 0 Å². The van der Waals surface area contributed by atoms with E-state index < -0.39 is 6.04 Å². The van der Waals surface area contributed by atoms with Gasteiger partial charge in [-0.05, 0) is 57.4 Å². The van der Waals surface area contributed by atoms with E-state index in [9.17, 15) is 14.4 Å². The highest BCUT2D eigenvalue weighted by molar-refractivity contribution is 7.99. The predicted octanol–water partition coefficient (Wildman–Crippen LogP) is 2.71. The number of rotatable bonds is 4. The Balaban J connectivity index is 1.64. The van der Waals surface area contributed by atoms with E-state index in [0.717, 1.165) is 6.42 Å². The Morgan fingerprint density at radius 3 is 2.30 bits per heavy atom. The van der Waals surface area contributed by atoms with Crippen LogP contribution in [0.5, 0.6) is 0 Å². The summed E-state index contributed by atoms with van der Waals surface area (Å²) in [5.41, 5.74) is 0.871. The molecule has 146 valence electrons. The zero-order valence-electron chi connectivity index (χ0n) is 16.2. The van der Waals surface area contributed by atoms with E-state index >= 15 is 0 Å². The number of anilines is 1. The van der Waals surface area contributed by atoms with Crippen LogP contribution in [0.4, 0.5) is 5.69 Å². The second-order valence-electron chi connectivity index (χ2n) is 8.42. The summed E-state index contributed by atoms with van der Waals surface area (Å²) >= 11 is 1.58. The Hall–Kier alpha value is -2.02. The fraction of sp³-hybridized carbons (Fsp3) is 0.550. The number of amides is 3. The van der Waals surface area contributed by atoms with Crippen molar-refractivity contribution >= 4 is 35.2 Å². The van der Waals surface area contributed by atoms with Crippen molar-refractivity contribution in [2.75, 3.05) is 16.9 Å². The molecule has 1 aliphatic heterocycles. The van der Waals surface area contributed by atoms with Gasteiger partial charge in [-0.15, -0.1) is 11.8 Å². The molecule has 0 spiro atoms. The summed E-state index contributed by atoms with van der Waals surface area (Å²) in [7, 11) is 0. The average molecular weight is 390 g/mol. The predicted molar refractivity (Wildman–Crippen MR) is 108 cm³/mol. The second-order valence-corrected chi connectivity index (χ2v) is 9.42. The van der Waals surface area contributed by atoms with Crippen LogP contribution in [0, 0.1) is 11.8 Å². The lowest BCUT2D eigenvalue weighted by molar-refractivity contribution is -0.126. The molecule has 3 atom stereocenters. The number of hydrogen-bond donors (Lipinski definition) is 2. The molecular weight excluding hydrogens is 362 g/mol. The molecule has 1 aromatic carbocycles. The van der Waals surface area contributed by atoms with Gasteiger partial charge in [-0.1, -0.05) is 6.92 Å². The fourth-order valence-corrected chi connectivity index (χ4v) is 4.25. The zero-order valence-corrected chi connectivity index (χ0v) is 17.1. The largest absolute Gasteiger partial charge is 0.350 e. The Morgan fingerprint density at radius 1 is 1.11 bits per heavy atom. The summed E-state index contributed by atoms with van der Waals surface area (Å²) in [6.07, 6.45) is 0.938. The molecule has 0 aromatic heterocycles. The van der Waals surface area contributed by atoms with Crippen molar-refractivity contribution < 1.29 is 14.4 Å². The van der Waals surface area contributed by atoms with E-state index in [1.165, 1.54) is 0 Å². The molecule has 2 fully saturated rings. The number of nitrogens with one attached hydrogen (secondary N) is 2. The van der Waals surface area contributed by atoms with Gasteiger partial charge < -0.3 is 15.5 Å². The number of nitrogens with zero attached hydrogens (tertiary/aromatic N) is 1. The van der Waals surface area contributed by atoms with E-state index in [1.807, 2.05) is 20.8 Å². The van der Waals surface area contributed by atoms with E-state index in [-0.39, 0.29) is 29.2 Å². The van der Waals surface area contributed by atoms with Gasteiger partial charge in [0, 0.05) is 28.5 Å². The fourth-order valence-electron chi connectivity index (χ4n) is 3.10. The summed E-state index contributed by atoms with van der Waals surface area (Å²) in [5, 5.41) is 5.85. The van der Waals surface area contributed by atoms with Crippen molar-refractivity contribution in [2.24, 2.45) is 11.8 Å². The standard InChI is InChI=1S/C20H27N3O3S/c1-12-9-15(12)17(24)21-14-7-5-13(6-8-14)19(26)23-11-27-10-16(23)18(25)22-20(2,3)4/h5-8,12,15-16H,9-11H2,1-4H3,(H,21,24)(H,22,25). The van der Waals surface area contributed by atoms with E-state index in [0.29, 0.717) is 28.8 Å². The van der Waals surface area contributed by atoms with Crippen LogP contribution in [0.15, 0.2) is 24.3 Å². The van der Waals surface area contributed by atoms with Crippen LogP contribution in [-0.4, -0.2) is 45.8 Å². The minimum absolute atomic E-state index is 0.0384. The van der Waals surface area contributed by atoms with Crippen LogP contribution in [0.3, 0.4) is 0 Å². The molecule has 7 heteroatoms. The lowest BCUT2D eigenvalue weighted by atomic mass is 10.1. The first-order valence-corrected chi connectivity index (χ1v) is 10.4. The maximum atomic E-state index is 12.9. The monoisotopic (exact) mass is 389 g/mol. The van der Waals surface area contributed by atoms with Crippen LogP contribution in [0.1, 0.15) is 44.5 Å². The first kappa shape index (κ1) is 19.7. The molecular formula is C20H27N3O3S. The minimum Gasteiger partial charge on any atom is -0.350 e. The van der Waals surface area contributed by atoms with Gasteiger partial charge >= 0.3 is 0 Å². The lowest BCUT2D eigenvalue weighted by Gasteiger charge is -2.27. The van der Waals surface area contributed by atoms with Gasteiger partial charge in [0.25, 0.3) is 5.91 Å². The summed E-state index contributed by atoms with van der Waals surface area (Å²) < 4.78 is 0. The summed E-state index contributed by atoms with van der Waals surface area (Å²) in [6.45, 7) is 7.84. The van der Waals surface area contributed by atoms with Crippen LogP contribution in [0.2, 0.25) is 0 Å². The molecule has 3 rings (SSSR count). The second kappa shape index (κ2) is 7.54. The van der Waals surface area contributed by atoms with Crippen LogP contribution in [-0.2, 0) is 9.59 Å². The highest BCUT2D eigenvalue weighted by Gasteiger charge is 2.39. The zero-order chi connectivity index (χ0) is 19.8. The molecule has 2 N–H and O–H groups in total. The van der Waals surface area contributed by atoms with Crippen LogP contribution >= 0.6 is 11.8 Å². The topological polar surface area (TPSA) is 78.5 Å². The first-order valence-electron chi connectivity index (χ1n) is 9.27. The van der Waals surface area contributed by atoms with Gasteiger partial charge in [0.2, 0.25) is 11.8 Å². The summed E-state index contributed by atoms with van der Waals surface area (Å²) in [5.74, 6) is 1.41. The van der Waals surface area contributed by atoms with Gasteiger partial charge in [-0.2, -0.15) is 0 Å². The van der Waals surface area contributed by atoms with Gasteiger partial charge in [-0.3, -0.25) is 14.4 Å². The van der Waals surface area contributed by atoms with E-state index in [2.05, 4.69) is 17.6 Å². The average Bonchev–Trinajstić information content (AvgIpc) is 3.12. The van der Waals surface area contributed by atoms with Gasteiger partial charge in [0.15, 0.2) is 0 Å². The Kier molecular flexibility index (Phi) is 5.51. The molecule has 1 aromatic rings. The SMILES string of the molecule is CC1CC1C(=O)Nc1ccc(C(=O)N2CSCC2C(=O)NC(C)(C)C)cc1. The van der Waals surface area contributed by atoms with Crippen molar-refractivity contribution in [3.8, 4) is 0 Å².